The van der Waals surface area contributed by atoms with Crippen LogP contribution in [0.1, 0.15) is 60.6 Å². The fraction of sp³-hybridized carbons (Fsp3) is 0.370. The Morgan fingerprint density at radius 2 is 1.76 bits per heavy atom. The molecule has 0 bridgehead atoms. The lowest BCUT2D eigenvalue weighted by Crippen LogP contribution is -2.63. The van der Waals surface area contributed by atoms with Gasteiger partial charge in [-0.25, -0.2) is 0 Å². The van der Waals surface area contributed by atoms with Crippen LogP contribution in [-0.2, 0) is 29.8 Å². The number of hydrogen-bond acceptors (Lipinski definition) is 3. The molecule has 0 radical (unpaired) electrons. The van der Waals surface area contributed by atoms with Crippen LogP contribution in [-0.4, -0.2) is 32.0 Å². The molecule has 1 aromatic heterocycles. The highest BCUT2D eigenvalue weighted by atomic mass is 16.2. The highest BCUT2D eigenvalue weighted by Gasteiger charge is 2.48. The molecule has 6 nitrogen and oxygen atoms in total. The smallest absolute Gasteiger partial charge is 0.273 e. The molecule has 0 spiro atoms. The first kappa shape index (κ1) is 22.8. The molecular weight excluding hydrogens is 412 g/mol. The molecule has 0 saturated carbocycles. The highest BCUT2D eigenvalue weighted by Crippen LogP contribution is 2.32. The van der Waals surface area contributed by atoms with Crippen LogP contribution in [0.3, 0.4) is 0 Å². The van der Waals surface area contributed by atoms with Gasteiger partial charge in [0.15, 0.2) is 0 Å². The van der Waals surface area contributed by atoms with E-state index in [1.807, 2.05) is 74.5 Å². The summed E-state index contributed by atoms with van der Waals surface area (Å²) in [6.07, 6.45) is 0. The van der Waals surface area contributed by atoms with Crippen molar-refractivity contribution in [3.8, 4) is 0 Å². The van der Waals surface area contributed by atoms with Crippen molar-refractivity contribution in [1.82, 2.24) is 20.0 Å². The number of nitrogens with zero attached hydrogens (tertiary/aromatic N) is 3. The van der Waals surface area contributed by atoms with E-state index in [1.54, 1.807) is 9.58 Å². The van der Waals surface area contributed by atoms with Gasteiger partial charge >= 0.3 is 0 Å². The van der Waals surface area contributed by atoms with Gasteiger partial charge in [0.1, 0.15) is 11.2 Å². The Labute approximate surface area is 195 Å². The summed E-state index contributed by atoms with van der Waals surface area (Å²) in [5, 5.41) is 7.77. The zero-order valence-corrected chi connectivity index (χ0v) is 20.1. The number of aromatic nitrogens is 2. The average molecular weight is 445 g/mol. The Bertz CT molecular complexity index is 1180. The molecule has 2 amide bonds. The topological polar surface area (TPSA) is 67.2 Å². The Morgan fingerprint density at radius 1 is 1.09 bits per heavy atom. The zero-order chi connectivity index (χ0) is 23.8. The second kappa shape index (κ2) is 8.50. The van der Waals surface area contributed by atoms with Crippen molar-refractivity contribution in [2.24, 2.45) is 0 Å². The van der Waals surface area contributed by atoms with Gasteiger partial charge in [0, 0.05) is 18.5 Å². The molecular formula is C27H32N4O2. The van der Waals surface area contributed by atoms with Crippen molar-refractivity contribution in [3.63, 3.8) is 0 Å². The summed E-state index contributed by atoms with van der Waals surface area (Å²) in [4.78, 5) is 29.1. The summed E-state index contributed by atoms with van der Waals surface area (Å²) in [5.41, 5.74) is 3.22. The van der Waals surface area contributed by atoms with E-state index in [0.717, 1.165) is 22.4 Å². The van der Waals surface area contributed by atoms with E-state index in [4.69, 9.17) is 5.10 Å². The predicted octanol–water partition coefficient (Wildman–Crippen LogP) is 4.22. The van der Waals surface area contributed by atoms with E-state index in [1.165, 1.54) is 0 Å². The maximum Gasteiger partial charge on any atom is 0.273 e. The van der Waals surface area contributed by atoms with E-state index in [2.05, 4.69) is 26.1 Å². The first-order valence-corrected chi connectivity index (χ1v) is 11.4. The molecule has 2 heterocycles. The van der Waals surface area contributed by atoms with Crippen molar-refractivity contribution in [3.05, 3.63) is 88.7 Å². The van der Waals surface area contributed by atoms with E-state index < -0.39 is 5.54 Å². The van der Waals surface area contributed by atoms with Gasteiger partial charge in [-0.15, -0.1) is 0 Å². The summed E-state index contributed by atoms with van der Waals surface area (Å²) in [7, 11) is 0. The fourth-order valence-corrected chi connectivity index (χ4v) is 4.18. The van der Waals surface area contributed by atoms with Crippen LogP contribution in [0, 0.1) is 6.92 Å². The Morgan fingerprint density at radius 3 is 2.42 bits per heavy atom. The Balaban J connectivity index is 1.71. The van der Waals surface area contributed by atoms with E-state index in [0.29, 0.717) is 25.3 Å². The Kier molecular flexibility index (Phi) is 5.87. The fourth-order valence-electron chi connectivity index (χ4n) is 4.18. The van der Waals surface area contributed by atoms with Crippen LogP contribution in [0.15, 0.2) is 60.7 Å². The van der Waals surface area contributed by atoms with Gasteiger partial charge in [-0.05, 0) is 36.6 Å². The van der Waals surface area contributed by atoms with Gasteiger partial charge in [-0.1, -0.05) is 75.4 Å². The number of hydrogen-bond donors (Lipinski definition) is 1. The molecule has 0 saturated heterocycles. The molecule has 4 rings (SSSR count). The van der Waals surface area contributed by atoms with Crippen LogP contribution in [0.4, 0.5) is 0 Å². The SMILES string of the molecule is Cc1ccccc1CN1C(=O)c2cc(C(C)(C)C)nn2C[C@@]1(C)C(=O)NCc1ccccc1. The lowest BCUT2D eigenvalue weighted by Gasteiger charge is -2.43. The van der Waals surface area contributed by atoms with Crippen LogP contribution >= 0.6 is 0 Å². The molecule has 172 valence electrons. The number of fused-ring (bicyclic) bond motifs is 1. The second-order valence-corrected chi connectivity index (χ2v) is 10.1. The largest absolute Gasteiger partial charge is 0.350 e. The lowest BCUT2D eigenvalue weighted by atomic mass is 9.91. The number of carbonyl (C=O) groups excluding carboxylic acids is 2. The predicted molar refractivity (Wildman–Crippen MR) is 129 cm³/mol. The van der Waals surface area contributed by atoms with Crippen molar-refractivity contribution < 1.29 is 9.59 Å². The number of amides is 2. The van der Waals surface area contributed by atoms with Crippen molar-refractivity contribution in [1.29, 1.82) is 0 Å². The van der Waals surface area contributed by atoms with Gasteiger partial charge in [0.25, 0.3) is 5.91 Å². The summed E-state index contributed by atoms with van der Waals surface area (Å²) in [5.74, 6) is -0.364. The molecule has 3 aromatic rings. The second-order valence-electron chi connectivity index (χ2n) is 10.1. The molecule has 1 aliphatic heterocycles. The van der Waals surface area contributed by atoms with Crippen LogP contribution < -0.4 is 5.32 Å². The van der Waals surface area contributed by atoms with E-state index in [9.17, 15) is 9.59 Å². The normalized spacial score (nSPS) is 18.2. The van der Waals surface area contributed by atoms with Gasteiger partial charge in [0.05, 0.1) is 12.2 Å². The lowest BCUT2D eigenvalue weighted by molar-refractivity contribution is -0.133. The number of aryl methyl sites for hydroxylation is 1. The molecule has 0 unspecified atom stereocenters. The maximum absolute atomic E-state index is 13.8. The highest BCUT2D eigenvalue weighted by molar-refractivity contribution is 5.99. The number of nitrogens with one attached hydrogen (secondary N) is 1. The van der Waals surface area contributed by atoms with Gasteiger partial charge < -0.3 is 10.2 Å². The van der Waals surface area contributed by atoms with Gasteiger partial charge in [-0.3, -0.25) is 14.3 Å². The molecule has 33 heavy (non-hydrogen) atoms. The molecule has 1 atom stereocenters. The van der Waals surface area contributed by atoms with Crippen LogP contribution in [0.2, 0.25) is 0 Å². The third-order valence-electron chi connectivity index (χ3n) is 6.44. The van der Waals surface area contributed by atoms with Gasteiger partial charge in [0.2, 0.25) is 5.91 Å². The maximum atomic E-state index is 13.8. The van der Waals surface area contributed by atoms with Crippen molar-refractivity contribution >= 4 is 11.8 Å². The minimum atomic E-state index is -1.08. The first-order valence-electron chi connectivity index (χ1n) is 11.4. The third-order valence-corrected chi connectivity index (χ3v) is 6.44. The monoisotopic (exact) mass is 444 g/mol. The van der Waals surface area contributed by atoms with Crippen LogP contribution in [0.25, 0.3) is 0 Å². The zero-order valence-electron chi connectivity index (χ0n) is 20.1. The molecule has 2 aromatic carbocycles. The Hall–Kier alpha value is -3.41. The number of rotatable bonds is 5. The number of benzene rings is 2. The quantitative estimate of drug-likeness (QED) is 0.641. The number of carbonyl (C=O) groups is 2. The summed E-state index contributed by atoms with van der Waals surface area (Å²) < 4.78 is 1.71. The molecule has 1 N–H and O–H groups in total. The van der Waals surface area contributed by atoms with Crippen molar-refractivity contribution in [2.45, 2.75) is 65.2 Å². The molecule has 6 heteroatoms. The van der Waals surface area contributed by atoms with Crippen molar-refractivity contribution in [2.75, 3.05) is 0 Å². The molecule has 1 aliphatic rings. The summed E-state index contributed by atoms with van der Waals surface area (Å²) >= 11 is 0. The van der Waals surface area contributed by atoms with E-state index in [-0.39, 0.29) is 17.2 Å². The van der Waals surface area contributed by atoms with Gasteiger partial charge in [-0.2, -0.15) is 5.10 Å². The van der Waals surface area contributed by atoms with E-state index >= 15 is 0 Å². The van der Waals surface area contributed by atoms with Crippen LogP contribution in [0.5, 0.6) is 0 Å². The summed E-state index contributed by atoms with van der Waals surface area (Å²) in [6.45, 7) is 11.1. The molecule has 0 aliphatic carbocycles. The average Bonchev–Trinajstić information content (AvgIpc) is 3.21. The standard InChI is InChI=1S/C27H32N4O2/c1-19-11-9-10-14-21(19)17-30-24(32)22-15-23(26(2,3)4)29-31(22)18-27(30,5)25(33)28-16-20-12-7-6-8-13-20/h6-15H,16-18H2,1-5H3,(H,28,33)/t27-/m0/s1. The minimum Gasteiger partial charge on any atom is -0.350 e. The minimum absolute atomic E-state index is 0.176. The summed E-state index contributed by atoms with van der Waals surface area (Å²) in [6, 6.07) is 19.6. The first-order chi connectivity index (χ1) is 15.6. The third kappa shape index (κ3) is 4.42. The molecule has 0 fully saturated rings.